The summed E-state index contributed by atoms with van der Waals surface area (Å²) >= 11 is 0. The van der Waals surface area contributed by atoms with Crippen molar-refractivity contribution in [2.45, 2.75) is 0 Å². The van der Waals surface area contributed by atoms with Crippen molar-refractivity contribution in [3.05, 3.63) is 29.8 Å². The lowest BCUT2D eigenvalue weighted by atomic mass is 10.1. The van der Waals surface area contributed by atoms with E-state index in [1.54, 1.807) is 12.1 Å². The van der Waals surface area contributed by atoms with Crippen molar-refractivity contribution in [1.29, 1.82) is 0 Å². The maximum absolute atomic E-state index is 11.3. The van der Waals surface area contributed by atoms with Crippen molar-refractivity contribution in [3.8, 4) is 5.75 Å². The predicted octanol–water partition coefficient (Wildman–Crippen LogP) is -0.208. The van der Waals surface area contributed by atoms with Crippen molar-refractivity contribution < 1.29 is 23.9 Å². The number of ether oxygens (including phenoxy) is 1. The Bertz CT molecular complexity index is 409. The Hall–Kier alpha value is -1.16. The summed E-state index contributed by atoms with van der Waals surface area (Å²) in [6, 6.07) is 5.98. The van der Waals surface area contributed by atoms with E-state index in [1.807, 2.05) is 0 Å². The Morgan fingerprint density at radius 3 is 2.67 bits per heavy atom. The van der Waals surface area contributed by atoms with Crippen LogP contribution in [0.25, 0.3) is 0 Å². The fraction of sp³-hybridized carbons (Fsp3) is 0.222. The number of rotatable bonds is 4. The van der Waals surface area contributed by atoms with Crippen LogP contribution in [-0.4, -0.2) is 19.1 Å². The van der Waals surface area contributed by atoms with Gasteiger partial charge in [0.05, 0.1) is 7.11 Å². The lowest BCUT2D eigenvalue weighted by Gasteiger charge is -2.28. The Labute approximate surface area is 86.9 Å². The molecule has 1 rings (SSSR count). The summed E-state index contributed by atoms with van der Waals surface area (Å²) < 4.78 is 15.2. The van der Waals surface area contributed by atoms with Crippen molar-refractivity contribution in [2.75, 3.05) is 13.3 Å². The summed E-state index contributed by atoms with van der Waals surface area (Å²) in [4.78, 5) is 32.1. The van der Waals surface area contributed by atoms with Gasteiger partial charge in [-0.2, -0.15) is 0 Å². The molecule has 0 aliphatic heterocycles. The van der Waals surface area contributed by atoms with E-state index < -0.39 is 19.5 Å². The molecule has 0 aliphatic rings. The first kappa shape index (κ1) is 11.9. The highest BCUT2D eigenvalue weighted by Crippen LogP contribution is 2.25. The lowest BCUT2D eigenvalue weighted by Crippen LogP contribution is -2.21. The van der Waals surface area contributed by atoms with E-state index in [-0.39, 0.29) is 5.56 Å². The summed E-state index contributed by atoms with van der Waals surface area (Å²) in [6.45, 7) is 0. The van der Waals surface area contributed by atoms with E-state index in [0.717, 1.165) is 0 Å². The Balaban J connectivity index is 2.87. The van der Waals surface area contributed by atoms with Gasteiger partial charge in [-0.1, -0.05) is 19.7 Å². The maximum atomic E-state index is 11.3. The fourth-order valence-corrected chi connectivity index (χ4v) is 1.60. The molecular formula is C9H9O5P-2. The Morgan fingerprint density at radius 2 is 2.13 bits per heavy atom. The quantitative estimate of drug-likeness (QED) is 0.525. The molecule has 82 valence electrons. The average Bonchev–Trinajstić information content (AvgIpc) is 2.15. The zero-order chi connectivity index (χ0) is 11.5. The zero-order valence-electron chi connectivity index (χ0n) is 8.00. The standard InChI is InChI=1S/C9H11O5P/c1-14-8-4-2-3-7(5-8)9(10)6-15(11,12)13/h2-5H,6H2,1H3,(H2,11,12,13)/p-2. The molecule has 0 saturated heterocycles. The molecule has 0 spiro atoms. The number of carbonyl (C=O) groups is 1. The first-order valence-electron chi connectivity index (χ1n) is 4.11. The van der Waals surface area contributed by atoms with E-state index in [9.17, 15) is 19.1 Å². The SMILES string of the molecule is COc1cccc(C(=O)CP(=O)([O-])[O-])c1. The molecule has 1 aromatic carbocycles. The zero-order valence-corrected chi connectivity index (χ0v) is 8.90. The van der Waals surface area contributed by atoms with E-state index in [2.05, 4.69) is 0 Å². The molecule has 15 heavy (non-hydrogen) atoms. The van der Waals surface area contributed by atoms with Gasteiger partial charge in [-0.3, -0.25) is 4.79 Å². The van der Waals surface area contributed by atoms with Crippen LogP contribution < -0.4 is 14.5 Å². The molecule has 5 nitrogen and oxygen atoms in total. The van der Waals surface area contributed by atoms with Crippen LogP contribution in [0.2, 0.25) is 0 Å². The number of carbonyl (C=O) groups excluding carboxylic acids is 1. The van der Waals surface area contributed by atoms with E-state index in [0.29, 0.717) is 5.75 Å². The van der Waals surface area contributed by atoms with Crippen LogP contribution in [0.15, 0.2) is 24.3 Å². The first-order chi connectivity index (χ1) is 6.92. The summed E-state index contributed by atoms with van der Waals surface area (Å²) in [7, 11) is -3.37. The summed E-state index contributed by atoms with van der Waals surface area (Å²) in [5.41, 5.74) is 0.154. The number of hydrogen-bond donors (Lipinski definition) is 0. The predicted molar refractivity (Wildman–Crippen MR) is 49.8 cm³/mol. The van der Waals surface area contributed by atoms with Gasteiger partial charge in [0.2, 0.25) is 0 Å². The molecule has 0 bridgehead atoms. The summed E-state index contributed by atoms with van der Waals surface area (Å²) in [6.07, 6.45) is -1.000. The van der Waals surface area contributed by atoms with Gasteiger partial charge in [0.25, 0.3) is 0 Å². The second-order valence-electron chi connectivity index (χ2n) is 2.92. The normalized spacial score (nSPS) is 11.1. The van der Waals surface area contributed by atoms with Crippen LogP contribution in [0.5, 0.6) is 5.75 Å². The van der Waals surface area contributed by atoms with Gasteiger partial charge in [0.1, 0.15) is 5.75 Å². The molecule has 0 atom stereocenters. The van der Waals surface area contributed by atoms with E-state index in [1.165, 1.54) is 19.2 Å². The number of benzene rings is 1. The molecule has 0 amide bonds. The third-order valence-corrected chi connectivity index (χ3v) is 2.40. The number of Topliss-reactive ketones (excluding diaryl/α,β-unsaturated/α-hetero) is 1. The van der Waals surface area contributed by atoms with Gasteiger partial charge in [0.15, 0.2) is 5.78 Å². The minimum absolute atomic E-state index is 0.154. The molecule has 1 aromatic rings. The van der Waals surface area contributed by atoms with Gasteiger partial charge in [-0.15, -0.1) is 0 Å². The molecule has 0 aliphatic carbocycles. The minimum Gasteiger partial charge on any atom is -0.810 e. The van der Waals surface area contributed by atoms with Crippen LogP contribution >= 0.6 is 7.60 Å². The van der Waals surface area contributed by atoms with Gasteiger partial charge < -0.3 is 19.1 Å². The molecule has 0 heterocycles. The Morgan fingerprint density at radius 1 is 1.47 bits per heavy atom. The molecular weight excluding hydrogens is 219 g/mol. The van der Waals surface area contributed by atoms with Crippen LogP contribution in [0, 0.1) is 0 Å². The molecule has 0 aromatic heterocycles. The molecule has 0 unspecified atom stereocenters. The van der Waals surface area contributed by atoms with Gasteiger partial charge in [-0.25, -0.2) is 0 Å². The molecule has 0 saturated carbocycles. The van der Waals surface area contributed by atoms with Gasteiger partial charge in [-0.05, 0) is 12.1 Å². The van der Waals surface area contributed by atoms with Crippen LogP contribution in [0.1, 0.15) is 10.4 Å². The van der Waals surface area contributed by atoms with Crippen molar-refractivity contribution in [3.63, 3.8) is 0 Å². The van der Waals surface area contributed by atoms with E-state index >= 15 is 0 Å². The smallest absolute Gasteiger partial charge is 0.167 e. The van der Waals surface area contributed by atoms with Crippen molar-refractivity contribution in [1.82, 2.24) is 0 Å². The van der Waals surface area contributed by atoms with Crippen LogP contribution in [0.3, 0.4) is 0 Å². The highest BCUT2D eigenvalue weighted by Gasteiger charge is 2.08. The van der Waals surface area contributed by atoms with Crippen LogP contribution in [0.4, 0.5) is 0 Å². The summed E-state index contributed by atoms with van der Waals surface area (Å²) in [5.74, 6) is -0.283. The Kier molecular flexibility index (Phi) is 3.63. The lowest BCUT2D eigenvalue weighted by molar-refractivity contribution is -0.312. The monoisotopic (exact) mass is 228 g/mol. The molecule has 0 N–H and O–H groups in total. The van der Waals surface area contributed by atoms with Crippen molar-refractivity contribution in [2.24, 2.45) is 0 Å². The highest BCUT2D eigenvalue weighted by molar-refractivity contribution is 7.49. The van der Waals surface area contributed by atoms with Crippen LogP contribution in [-0.2, 0) is 4.57 Å². The largest absolute Gasteiger partial charge is 0.810 e. The highest BCUT2D eigenvalue weighted by atomic mass is 31.2. The van der Waals surface area contributed by atoms with Gasteiger partial charge >= 0.3 is 0 Å². The second-order valence-corrected chi connectivity index (χ2v) is 4.46. The van der Waals surface area contributed by atoms with Gasteiger partial charge in [0, 0.05) is 11.7 Å². The fourth-order valence-electron chi connectivity index (χ4n) is 1.06. The average molecular weight is 228 g/mol. The summed E-state index contributed by atoms with van der Waals surface area (Å²) in [5, 5.41) is 0. The third kappa shape index (κ3) is 3.83. The van der Waals surface area contributed by atoms with Crippen molar-refractivity contribution >= 4 is 13.4 Å². The second kappa shape index (κ2) is 4.57. The third-order valence-electron chi connectivity index (χ3n) is 1.73. The first-order valence-corrected chi connectivity index (χ1v) is 5.83. The molecule has 6 heteroatoms. The topological polar surface area (TPSA) is 89.5 Å². The number of methoxy groups -OCH3 is 1. The molecule has 0 radical (unpaired) electrons. The van der Waals surface area contributed by atoms with E-state index in [4.69, 9.17) is 4.74 Å². The number of ketones is 1. The molecule has 0 fully saturated rings. The minimum atomic E-state index is -4.80. The number of hydrogen-bond acceptors (Lipinski definition) is 5. The maximum Gasteiger partial charge on any atom is 0.167 e.